The Morgan fingerprint density at radius 2 is 2.04 bits per heavy atom. The van der Waals surface area contributed by atoms with Crippen LogP contribution in [0.1, 0.15) is 12.5 Å². The van der Waals surface area contributed by atoms with Crippen molar-refractivity contribution >= 4 is 27.5 Å². The Morgan fingerprint density at radius 1 is 1.24 bits per heavy atom. The van der Waals surface area contributed by atoms with Crippen LogP contribution in [0.15, 0.2) is 53.5 Å². The van der Waals surface area contributed by atoms with Crippen LogP contribution in [0.4, 0.5) is 0 Å². The summed E-state index contributed by atoms with van der Waals surface area (Å²) in [6.45, 7) is 2.83. The van der Waals surface area contributed by atoms with Gasteiger partial charge in [-0.05, 0) is 24.6 Å². The minimum Gasteiger partial charge on any atom is -0.492 e. The van der Waals surface area contributed by atoms with E-state index in [4.69, 9.17) is 11.2 Å². The van der Waals surface area contributed by atoms with Gasteiger partial charge < -0.3 is 9.30 Å². The first-order valence-electron chi connectivity index (χ1n) is 8.03. The van der Waals surface area contributed by atoms with Gasteiger partial charge in [-0.25, -0.2) is 0 Å². The minimum atomic E-state index is -0.193. The van der Waals surface area contributed by atoms with Crippen LogP contribution in [0.5, 0.6) is 5.75 Å². The Bertz CT molecular complexity index is 994. The zero-order valence-corrected chi connectivity index (χ0v) is 14.8. The van der Waals surface area contributed by atoms with Crippen molar-refractivity contribution in [2.24, 2.45) is 4.99 Å². The lowest BCUT2D eigenvalue weighted by molar-refractivity contribution is -0.117. The molecule has 4 nitrogen and oxygen atoms in total. The first-order chi connectivity index (χ1) is 12.2. The third-order valence-electron chi connectivity index (χ3n) is 3.63. The zero-order chi connectivity index (χ0) is 17.6. The largest absolute Gasteiger partial charge is 0.492 e. The highest BCUT2D eigenvalue weighted by atomic mass is 32.1. The molecular formula is C20H18N2O2S. The monoisotopic (exact) mass is 350 g/mol. The molecule has 1 heterocycles. The van der Waals surface area contributed by atoms with Crippen molar-refractivity contribution in [1.29, 1.82) is 0 Å². The van der Waals surface area contributed by atoms with Crippen molar-refractivity contribution in [3.8, 4) is 18.1 Å². The molecule has 0 bridgehead atoms. The zero-order valence-electron chi connectivity index (χ0n) is 13.9. The highest BCUT2D eigenvalue weighted by Gasteiger charge is 2.12. The van der Waals surface area contributed by atoms with Crippen LogP contribution >= 0.6 is 11.3 Å². The summed E-state index contributed by atoms with van der Waals surface area (Å²) in [5.74, 6) is 3.20. The highest BCUT2D eigenvalue weighted by molar-refractivity contribution is 7.16. The summed E-state index contributed by atoms with van der Waals surface area (Å²) in [7, 11) is 0. The predicted octanol–water partition coefficient (Wildman–Crippen LogP) is 3.40. The van der Waals surface area contributed by atoms with Crippen LogP contribution in [0.25, 0.3) is 10.2 Å². The summed E-state index contributed by atoms with van der Waals surface area (Å²) in [6.07, 6.45) is 5.79. The lowest BCUT2D eigenvalue weighted by atomic mass is 10.1. The number of nitrogens with zero attached hydrogens (tertiary/aromatic N) is 2. The number of amides is 1. The molecule has 0 aliphatic rings. The topological polar surface area (TPSA) is 43.6 Å². The molecule has 1 amide bonds. The average molecular weight is 350 g/mol. The number of hydrogen-bond acceptors (Lipinski definition) is 3. The Morgan fingerprint density at radius 3 is 2.76 bits per heavy atom. The lowest BCUT2D eigenvalue weighted by Crippen LogP contribution is -2.17. The molecule has 0 saturated carbocycles. The number of para-hydroxylation sites is 1. The molecule has 5 heteroatoms. The molecule has 0 aliphatic heterocycles. The quantitative estimate of drug-likeness (QED) is 0.662. The fourth-order valence-electron chi connectivity index (χ4n) is 2.61. The second kappa shape index (κ2) is 7.82. The minimum absolute atomic E-state index is 0.193. The molecule has 0 fully saturated rings. The van der Waals surface area contributed by atoms with Gasteiger partial charge in [-0.1, -0.05) is 53.7 Å². The van der Waals surface area contributed by atoms with Gasteiger partial charge in [-0.15, -0.1) is 6.42 Å². The van der Waals surface area contributed by atoms with Crippen molar-refractivity contribution in [3.63, 3.8) is 0 Å². The van der Waals surface area contributed by atoms with Crippen molar-refractivity contribution in [3.05, 3.63) is 58.9 Å². The predicted molar refractivity (Wildman–Crippen MR) is 101 cm³/mol. The molecule has 0 radical (unpaired) electrons. The van der Waals surface area contributed by atoms with Crippen molar-refractivity contribution in [1.82, 2.24) is 4.57 Å². The van der Waals surface area contributed by atoms with Crippen LogP contribution < -0.4 is 9.54 Å². The van der Waals surface area contributed by atoms with E-state index in [-0.39, 0.29) is 12.3 Å². The van der Waals surface area contributed by atoms with E-state index in [1.165, 1.54) is 11.3 Å². The van der Waals surface area contributed by atoms with E-state index in [0.717, 1.165) is 21.5 Å². The molecule has 2 aromatic carbocycles. The van der Waals surface area contributed by atoms with Gasteiger partial charge >= 0.3 is 0 Å². The van der Waals surface area contributed by atoms with Gasteiger partial charge in [0.05, 0.1) is 24.3 Å². The van der Waals surface area contributed by atoms with Gasteiger partial charge in [0.15, 0.2) is 4.80 Å². The maximum atomic E-state index is 12.4. The number of terminal acetylenes is 1. The highest BCUT2D eigenvalue weighted by Crippen LogP contribution is 2.27. The van der Waals surface area contributed by atoms with E-state index in [2.05, 4.69) is 10.9 Å². The Labute approximate surface area is 150 Å². The molecule has 126 valence electrons. The smallest absolute Gasteiger partial charge is 0.252 e. The average Bonchev–Trinajstić information content (AvgIpc) is 2.94. The fourth-order valence-corrected chi connectivity index (χ4v) is 3.67. The number of carbonyl (C=O) groups excluding carboxylic acids is 1. The van der Waals surface area contributed by atoms with E-state index in [1.807, 2.05) is 60.0 Å². The Balaban J connectivity index is 2.06. The molecular weight excluding hydrogens is 332 g/mol. The van der Waals surface area contributed by atoms with E-state index in [0.29, 0.717) is 18.0 Å². The Hall–Kier alpha value is -2.84. The number of aromatic nitrogens is 1. The standard InChI is InChI=1S/C20H18N2O2S/c1-3-13-22-19-16(24-4-2)11-8-12-17(19)25-20(22)21-18(23)14-15-9-6-5-7-10-15/h1,5-12H,4,13-14H2,2H3. The van der Waals surface area contributed by atoms with Gasteiger partial charge in [-0.2, -0.15) is 4.99 Å². The molecule has 0 spiro atoms. The number of fused-ring (bicyclic) bond motifs is 1. The van der Waals surface area contributed by atoms with E-state index < -0.39 is 0 Å². The summed E-state index contributed by atoms with van der Waals surface area (Å²) in [6, 6.07) is 15.4. The van der Waals surface area contributed by atoms with E-state index in [1.54, 1.807) is 0 Å². The maximum absolute atomic E-state index is 12.4. The first kappa shape index (κ1) is 17.0. The second-order valence-corrected chi connectivity index (χ2v) is 6.39. The van der Waals surface area contributed by atoms with Gasteiger partial charge in [0.1, 0.15) is 11.3 Å². The summed E-state index contributed by atoms with van der Waals surface area (Å²) in [4.78, 5) is 17.3. The van der Waals surface area contributed by atoms with Crippen molar-refractivity contribution < 1.29 is 9.53 Å². The molecule has 3 aromatic rings. The maximum Gasteiger partial charge on any atom is 0.252 e. The summed E-state index contributed by atoms with van der Waals surface area (Å²) >= 11 is 1.44. The van der Waals surface area contributed by atoms with E-state index >= 15 is 0 Å². The van der Waals surface area contributed by atoms with Crippen LogP contribution in [-0.2, 0) is 17.8 Å². The van der Waals surface area contributed by atoms with Crippen LogP contribution in [0.2, 0.25) is 0 Å². The number of rotatable bonds is 5. The van der Waals surface area contributed by atoms with Gasteiger partial charge in [0, 0.05) is 0 Å². The number of benzene rings is 2. The number of hydrogen-bond donors (Lipinski definition) is 0. The third-order valence-corrected chi connectivity index (χ3v) is 4.68. The molecule has 0 aliphatic carbocycles. The normalized spacial score (nSPS) is 11.4. The fraction of sp³-hybridized carbons (Fsp3) is 0.200. The SMILES string of the molecule is C#CCn1c(=NC(=O)Cc2ccccc2)sc2cccc(OCC)c21. The molecule has 0 N–H and O–H groups in total. The van der Waals surface area contributed by atoms with Gasteiger partial charge in [0.25, 0.3) is 5.91 Å². The summed E-state index contributed by atoms with van der Waals surface area (Å²) in [5, 5.41) is 0. The Kier molecular flexibility index (Phi) is 5.32. The molecule has 0 unspecified atom stereocenters. The van der Waals surface area contributed by atoms with Crippen LogP contribution in [0, 0.1) is 12.3 Å². The number of ether oxygens (including phenoxy) is 1. The molecule has 25 heavy (non-hydrogen) atoms. The molecule has 0 atom stereocenters. The second-order valence-electron chi connectivity index (χ2n) is 5.38. The van der Waals surface area contributed by atoms with E-state index in [9.17, 15) is 4.79 Å². The number of thiazole rings is 1. The van der Waals surface area contributed by atoms with Crippen molar-refractivity contribution in [2.75, 3.05) is 6.61 Å². The first-order valence-corrected chi connectivity index (χ1v) is 8.84. The summed E-state index contributed by atoms with van der Waals surface area (Å²) < 4.78 is 8.57. The molecule has 1 aromatic heterocycles. The van der Waals surface area contributed by atoms with Gasteiger partial charge in [0.2, 0.25) is 0 Å². The van der Waals surface area contributed by atoms with Crippen LogP contribution in [-0.4, -0.2) is 17.1 Å². The number of carbonyl (C=O) groups is 1. The van der Waals surface area contributed by atoms with Crippen LogP contribution in [0.3, 0.4) is 0 Å². The van der Waals surface area contributed by atoms with Crippen molar-refractivity contribution in [2.45, 2.75) is 19.9 Å². The molecule has 0 saturated heterocycles. The lowest BCUT2D eigenvalue weighted by Gasteiger charge is -2.07. The molecule has 3 rings (SSSR count). The third kappa shape index (κ3) is 3.81. The van der Waals surface area contributed by atoms with Gasteiger partial charge in [-0.3, -0.25) is 4.79 Å². The summed E-state index contributed by atoms with van der Waals surface area (Å²) in [5.41, 5.74) is 1.83.